The fourth-order valence-corrected chi connectivity index (χ4v) is 3.14. The molecule has 0 radical (unpaired) electrons. The van der Waals surface area contributed by atoms with Crippen LogP contribution in [-0.2, 0) is 6.42 Å². The highest BCUT2D eigenvalue weighted by atomic mass is 19.1. The summed E-state index contributed by atoms with van der Waals surface area (Å²) in [6.45, 7) is 3.04. The molecular weight excluding hydrogens is 249 g/mol. The molecule has 3 rings (SSSR count). The quantitative estimate of drug-likeness (QED) is 0.857. The molecule has 0 spiro atoms. The van der Waals surface area contributed by atoms with Gasteiger partial charge in [0.15, 0.2) is 0 Å². The molecule has 2 aromatic carbocycles. The van der Waals surface area contributed by atoms with E-state index in [1.807, 2.05) is 12.1 Å². The SMILES string of the molecule is CCNC(CC1Cc2ccccc21)c1ccc(F)cc1. The van der Waals surface area contributed by atoms with Crippen molar-refractivity contribution < 1.29 is 4.39 Å². The predicted octanol–water partition coefficient (Wildman–Crippen LogP) is 4.21. The second-order valence-corrected chi connectivity index (χ2v) is 5.50. The van der Waals surface area contributed by atoms with E-state index < -0.39 is 0 Å². The van der Waals surface area contributed by atoms with Crippen LogP contribution >= 0.6 is 0 Å². The van der Waals surface area contributed by atoms with Gasteiger partial charge in [-0.25, -0.2) is 4.39 Å². The van der Waals surface area contributed by atoms with E-state index in [1.54, 1.807) is 12.1 Å². The maximum absolute atomic E-state index is 13.1. The van der Waals surface area contributed by atoms with Crippen LogP contribution < -0.4 is 5.32 Å². The van der Waals surface area contributed by atoms with E-state index in [9.17, 15) is 4.39 Å². The lowest BCUT2D eigenvalue weighted by Crippen LogP contribution is -2.27. The molecule has 2 unspecified atom stereocenters. The molecule has 0 bridgehead atoms. The van der Waals surface area contributed by atoms with Crippen LogP contribution in [0.25, 0.3) is 0 Å². The zero-order valence-electron chi connectivity index (χ0n) is 11.8. The van der Waals surface area contributed by atoms with Gasteiger partial charge in [-0.2, -0.15) is 0 Å². The van der Waals surface area contributed by atoms with Gasteiger partial charge in [0.1, 0.15) is 5.82 Å². The number of hydrogen-bond acceptors (Lipinski definition) is 1. The van der Waals surface area contributed by atoms with E-state index >= 15 is 0 Å². The van der Waals surface area contributed by atoms with Gasteiger partial charge in [-0.3, -0.25) is 0 Å². The summed E-state index contributed by atoms with van der Waals surface area (Å²) in [5, 5.41) is 3.53. The minimum absolute atomic E-state index is 0.169. The lowest BCUT2D eigenvalue weighted by Gasteiger charge is -2.33. The summed E-state index contributed by atoms with van der Waals surface area (Å²) in [4.78, 5) is 0. The van der Waals surface area contributed by atoms with E-state index in [-0.39, 0.29) is 5.82 Å². The predicted molar refractivity (Wildman–Crippen MR) is 80.3 cm³/mol. The first-order chi connectivity index (χ1) is 9.78. The fraction of sp³-hybridized carbons (Fsp3) is 0.333. The summed E-state index contributed by atoms with van der Waals surface area (Å²) in [7, 11) is 0. The van der Waals surface area contributed by atoms with Crippen LogP contribution in [0, 0.1) is 5.82 Å². The third kappa shape index (κ3) is 2.61. The molecule has 0 amide bonds. The monoisotopic (exact) mass is 269 g/mol. The first-order valence-corrected chi connectivity index (χ1v) is 7.34. The Hall–Kier alpha value is -1.67. The number of nitrogens with one attached hydrogen (secondary N) is 1. The van der Waals surface area contributed by atoms with Crippen molar-refractivity contribution in [3.8, 4) is 0 Å². The molecule has 0 aliphatic heterocycles. The van der Waals surface area contributed by atoms with Gasteiger partial charge in [-0.05, 0) is 54.1 Å². The Bertz CT molecular complexity index is 576. The molecule has 104 valence electrons. The van der Waals surface area contributed by atoms with Crippen molar-refractivity contribution in [2.24, 2.45) is 0 Å². The molecule has 0 saturated carbocycles. The Balaban J connectivity index is 1.74. The van der Waals surface area contributed by atoms with E-state index in [4.69, 9.17) is 0 Å². The summed E-state index contributed by atoms with van der Waals surface area (Å²) in [5.74, 6) is 0.457. The van der Waals surface area contributed by atoms with Crippen molar-refractivity contribution in [2.75, 3.05) is 6.54 Å². The van der Waals surface area contributed by atoms with E-state index in [0.717, 1.165) is 13.0 Å². The maximum atomic E-state index is 13.1. The van der Waals surface area contributed by atoms with Crippen molar-refractivity contribution in [2.45, 2.75) is 31.7 Å². The number of hydrogen-bond donors (Lipinski definition) is 1. The lowest BCUT2D eigenvalue weighted by atomic mass is 9.74. The second kappa shape index (κ2) is 5.76. The van der Waals surface area contributed by atoms with E-state index in [1.165, 1.54) is 23.1 Å². The molecule has 1 aliphatic rings. The van der Waals surface area contributed by atoms with Gasteiger partial charge in [-0.15, -0.1) is 0 Å². The van der Waals surface area contributed by atoms with Gasteiger partial charge in [0.25, 0.3) is 0 Å². The Morgan fingerprint density at radius 3 is 2.60 bits per heavy atom. The average Bonchev–Trinajstić information content (AvgIpc) is 2.44. The number of rotatable bonds is 5. The van der Waals surface area contributed by atoms with Crippen LogP contribution in [-0.4, -0.2) is 6.54 Å². The smallest absolute Gasteiger partial charge is 0.123 e. The summed E-state index contributed by atoms with van der Waals surface area (Å²) in [6, 6.07) is 15.9. The van der Waals surface area contributed by atoms with Crippen molar-refractivity contribution in [1.82, 2.24) is 5.32 Å². The van der Waals surface area contributed by atoms with Crippen molar-refractivity contribution in [3.63, 3.8) is 0 Å². The molecule has 0 fully saturated rings. The van der Waals surface area contributed by atoms with Crippen LogP contribution in [0.4, 0.5) is 4.39 Å². The highest BCUT2D eigenvalue weighted by Gasteiger charge is 2.28. The van der Waals surface area contributed by atoms with Gasteiger partial charge < -0.3 is 5.32 Å². The highest BCUT2D eigenvalue weighted by Crippen LogP contribution is 2.40. The number of fused-ring (bicyclic) bond motifs is 1. The minimum atomic E-state index is -0.169. The molecule has 2 aromatic rings. The molecule has 0 aromatic heterocycles. The molecule has 1 N–H and O–H groups in total. The lowest BCUT2D eigenvalue weighted by molar-refractivity contribution is 0.435. The Labute approximate surface area is 119 Å². The number of benzene rings is 2. The van der Waals surface area contributed by atoms with Gasteiger partial charge in [-0.1, -0.05) is 43.3 Å². The molecular formula is C18H20FN. The van der Waals surface area contributed by atoms with Gasteiger partial charge in [0, 0.05) is 6.04 Å². The zero-order valence-corrected chi connectivity index (χ0v) is 11.8. The average molecular weight is 269 g/mol. The van der Waals surface area contributed by atoms with Gasteiger partial charge in [0.2, 0.25) is 0 Å². The minimum Gasteiger partial charge on any atom is -0.310 e. The third-order valence-corrected chi connectivity index (χ3v) is 4.20. The normalized spacial score (nSPS) is 18.2. The summed E-state index contributed by atoms with van der Waals surface area (Å²) >= 11 is 0. The van der Waals surface area contributed by atoms with Gasteiger partial charge >= 0.3 is 0 Å². The van der Waals surface area contributed by atoms with Crippen LogP contribution in [0.3, 0.4) is 0 Å². The standard InChI is InChI=1S/C18H20FN/c1-2-20-18(13-7-9-16(19)10-8-13)12-15-11-14-5-3-4-6-17(14)15/h3-10,15,18,20H,2,11-12H2,1H3. The topological polar surface area (TPSA) is 12.0 Å². The first-order valence-electron chi connectivity index (χ1n) is 7.34. The second-order valence-electron chi connectivity index (χ2n) is 5.50. The van der Waals surface area contributed by atoms with Crippen molar-refractivity contribution >= 4 is 0 Å². The zero-order chi connectivity index (χ0) is 13.9. The van der Waals surface area contributed by atoms with Crippen LogP contribution in [0.5, 0.6) is 0 Å². The number of halogens is 1. The highest BCUT2D eigenvalue weighted by molar-refractivity contribution is 5.40. The Kier molecular flexibility index (Phi) is 3.83. The van der Waals surface area contributed by atoms with Crippen LogP contribution in [0.2, 0.25) is 0 Å². The molecule has 1 nitrogen and oxygen atoms in total. The maximum Gasteiger partial charge on any atom is 0.123 e. The van der Waals surface area contributed by atoms with E-state index in [0.29, 0.717) is 12.0 Å². The molecule has 1 aliphatic carbocycles. The molecule has 20 heavy (non-hydrogen) atoms. The molecule has 0 heterocycles. The van der Waals surface area contributed by atoms with Crippen molar-refractivity contribution in [3.05, 3.63) is 71.0 Å². The van der Waals surface area contributed by atoms with Crippen LogP contribution in [0.1, 0.15) is 42.0 Å². The first kappa shape index (κ1) is 13.3. The van der Waals surface area contributed by atoms with Crippen molar-refractivity contribution in [1.29, 1.82) is 0 Å². The summed E-state index contributed by atoms with van der Waals surface area (Å²) in [5.41, 5.74) is 4.14. The summed E-state index contributed by atoms with van der Waals surface area (Å²) < 4.78 is 13.1. The third-order valence-electron chi connectivity index (χ3n) is 4.20. The van der Waals surface area contributed by atoms with Gasteiger partial charge in [0.05, 0.1) is 0 Å². The largest absolute Gasteiger partial charge is 0.310 e. The van der Waals surface area contributed by atoms with Crippen LogP contribution in [0.15, 0.2) is 48.5 Å². The molecule has 2 heteroatoms. The fourth-order valence-electron chi connectivity index (χ4n) is 3.14. The Morgan fingerprint density at radius 1 is 1.15 bits per heavy atom. The molecule has 2 atom stereocenters. The summed E-state index contributed by atoms with van der Waals surface area (Å²) in [6.07, 6.45) is 2.25. The van der Waals surface area contributed by atoms with E-state index in [2.05, 4.69) is 36.5 Å². The molecule has 0 saturated heterocycles. The Morgan fingerprint density at radius 2 is 1.90 bits per heavy atom.